The number of rotatable bonds is 2. The van der Waals surface area contributed by atoms with E-state index in [2.05, 4.69) is 23.5 Å². The van der Waals surface area contributed by atoms with E-state index in [4.69, 9.17) is 0 Å². The van der Waals surface area contributed by atoms with Crippen molar-refractivity contribution in [3.63, 3.8) is 0 Å². The highest BCUT2D eigenvalue weighted by Crippen LogP contribution is 2.33. The van der Waals surface area contributed by atoms with Crippen LogP contribution in [0.1, 0.15) is 33.8 Å². The van der Waals surface area contributed by atoms with Gasteiger partial charge in [-0.2, -0.15) is 5.10 Å². The normalized spacial score (nSPS) is 17.1. The summed E-state index contributed by atoms with van der Waals surface area (Å²) in [5.41, 5.74) is 2.98. The zero-order valence-corrected chi connectivity index (χ0v) is 13.7. The first-order valence-corrected chi connectivity index (χ1v) is 8.59. The number of hydrogen-bond acceptors (Lipinski definition) is 3. The first-order chi connectivity index (χ1) is 11.2. The van der Waals surface area contributed by atoms with Crippen molar-refractivity contribution in [3.05, 3.63) is 70.2 Å². The minimum absolute atomic E-state index is 0.0985. The standard InChI is InChI=1S/C18H17N3OS/c1-13-16-8-12-23-17(16)7-11-20(13)18(22)14-3-5-15(6-4-14)21-10-2-9-19-21/h2-6,8-10,12-13H,7,11H2,1H3/t13-/m0/s1. The predicted molar refractivity (Wildman–Crippen MR) is 91.0 cm³/mol. The summed E-state index contributed by atoms with van der Waals surface area (Å²) in [5, 5.41) is 6.32. The van der Waals surface area contributed by atoms with Gasteiger partial charge >= 0.3 is 0 Å². The van der Waals surface area contributed by atoms with Crippen molar-refractivity contribution in [2.24, 2.45) is 0 Å². The second-order valence-corrected chi connectivity index (χ2v) is 6.72. The third-order valence-corrected chi connectivity index (χ3v) is 5.42. The molecular formula is C18H17N3OS. The maximum Gasteiger partial charge on any atom is 0.254 e. The first kappa shape index (κ1) is 14.2. The highest BCUT2D eigenvalue weighted by atomic mass is 32.1. The van der Waals surface area contributed by atoms with Crippen LogP contribution < -0.4 is 0 Å². The maximum absolute atomic E-state index is 12.8. The largest absolute Gasteiger partial charge is 0.331 e. The van der Waals surface area contributed by atoms with Crippen LogP contribution in [0.4, 0.5) is 0 Å². The van der Waals surface area contributed by atoms with Crippen molar-refractivity contribution in [3.8, 4) is 5.69 Å². The summed E-state index contributed by atoms with van der Waals surface area (Å²) in [6, 6.07) is 11.8. The molecular weight excluding hydrogens is 306 g/mol. The number of aromatic nitrogens is 2. The lowest BCUT2D eigenvalue weighted by molar-refractivity contribution is 0.0679. The van der Waals surface area contributed by atoms with Crippen LogP contribution in [0.25, 0.3) is 5.69 Å². The Balaban J connectivity index is 1.58. The topological polar surface area (TPSA) is 38.1 Å². The smallest absolute Gasteiger partial charge is 0.254 e. The average Bonchev–Trinajstić information content (AvgIpc) is 3.27. The zero-order chi connectivity index (χ0) is 15.8. The van der Waals surface area contributed by atoms with E-state index < -0.39 is 0 Å². The van der Waals surface area contributed by atoms with E-state index in [0.717, 1.165) is 24.2 Å². The quantitative estimate of drug-likeness (QED) is 0.721. The highest BCUT2D eigenvalue weighted by molar-refractivity contribution is 7.10. The first-order valence-electron chi connectivity index (χ1n) is 7.71. The zero-order valence-electron chi connectivity index (χ0n) is 12.8. The molecule has 2 aromatic heterocycles. The van der Waals surface area contributed by atoms with Gasteiger partial charge in [-0.15, -0.1) is 11.3 Å². The van der Waals surface area contributed by atoms with Crippen molar-refractivity contribution >= 4 is 17.2 Å². The summed E-state index contributed by atoms with van der Waals surface area (Å²) in [5.74, 6) is 0.0985. The van der Waals surface area contributed by atoms with Crippen LogP contribution in [0.15, 0.2) is 54.2 Å². The second kappa shape index (κ2) is 5.66. The molecule has 0 N–H and O–H groups in total. The fourth-order valence-electron chi connectivity index (χ4n) is 3.13. The number of amides is 1. The number of carbonyl (C=O) groups is 1. The Morgan fingerprint density at radius 3 is 2.83 bits per heavy atom. The molecule has 1 amide bonds. The van der Waals surface area contributed by atoms with Gasteiger partial charge in [-0.25, -0.2) is 4.68 Å². The molecule has 0 aliphatic carbocycles. The molecule has 1 atom stereocenters. The molecule has 3 aromatic rings. The number of hydrogen-bond donors (Lipinski definition) is 0. The molecule has 0 saturated heterocycles. The van der Waals surface area contributed by atoms with E-state index in [0.29, 0.717) is 0 Å². The summed E-state index contributed by atoms with van der Waals surface area (Å²) in [6.45, 7) is 2.90. The van der Waals surface area contributed by atoms with Gasteiger partial charge in [0.05, 0.1) is 11.7 Å². The minimum Gasteiger partial charge on any atom is -0.331 e. The Hall–Kier alpha value is -2.40. The van der Waals surface area contributed by atoms with Gasteiger partial charge in [0.1, 0.15) is 0 Å². The molecule has 1 aliphatic rings. The van der Waals surface area contributed by atoms with Crippen LogP contribution in [0.2, 0.25) is 0 Å². The van der Waals surface area contributed by atoms with E-state index in [-0.39, 0.29) is 11.9 Å². The van der Waals surface area contributed by atoms with E-state index in [1.54, 1.807) is 22.2 Å². The number of nitrogens with zero attached hydrogens (tertiary/aromatic N) is 3. The molecule has 116 valence electrons. The monoisotopic (exact) mass is 323 g/mol. The molecule has 0 spiro atoms. The lowest BCUT2D eigenvalue weighted by Crippen LogP contribution is -2.38. The highest BCUT2D eigenvalue weighted by Gasteiger charge is 2.28. The summed E-state index contributed by atoms with van der Waals surface area (Å²) >= 11 is 1.79. The second-order valence-electron chi connectivity index (χ2n) is 5.72. The summed E-state index contributed by atoms with van der Waals surface area (Å²) in [7, 11) is 0. The fourth-order valence-corrected chi connectivity index (χ4v) is 4.09. The van der Waals surface area contributed by atoms with Crippen molar-refractivity contribution in [2.45, 2.75) is 19.4 Å². The van der Waals surface area contributed by atoms with Gasteiger partial charge in [0, 0.05) is 29.4 Å². The van der Waals surface area contributed by atoms with Crippen molar-refractivity contribution in [1.29, 1.82) is 0 Å². The molecule has 0 unspecified atom stereocenters. The van der Waals surface area contributed by atoms with E-state index in [1.807, 2.05) is 41.4 Å². The van der Waals surface area contributed by atoms with E-state index in [1.165, 1.54) is 10.4 Å². The third kappa shape index (κ3) is 2.47. The molecule has 1 aromatic carbocycles. The van der Waals surface area contributed by atoms with Crippen molar-refractivity contribution < 1.29 is 4.79 Å². The van der Waals surface area contributed by atoms with Gasteiger partial charge < -0.3 is 4.90 Å². The molecule has 0 saturated carbocycles. The number of fused-ring (bicyclic) bond motifs is 1. The van der Waals surface area contributed by atoms with Crippen LogP contribution in [0, 0.1) is 0 Å². The molecule has 4 rings (SSSR count). The van der Waals surface area contributed by atoms with Crippen LogP contribution in [0.3, 0.4) is 0 Å². The fraction of sp³-hybridized carbons (Fsp3) is 0.222. The van der Waals surface area contributed by atoms with E-state index >= 15 is 0 Å². The maximum atomic E-state index is 12.8. The molecule has 3 heterocycles. The Kier molecular flexibility index (Phi) is 3.50. The van der Waals surface area contributed by atoms with Gasteiger partial charge in [0.2, 0.25) is 0 Å². The molecule has 5 heteroatoms. The predicted octanol–water partition coefficient (Wildman–Crippen LogP) is 3.69. The number of thiophene rings is 1. The van der Waals surface area contributed by atoms with Crippen LogP contribution in [-0.2, 0) is 6.42 Å². The van der Waals surface area contributed by atoms with Crippen molar-refractivity contribution in [1.82, 2.24) is 14.7 Å². The average molecular weight is 323 g/mol. The van der Waals surface area contributed by atoms with Gasteiger partial charge in [-0.1, -0.05) is 0 Å². The molecule has 0 bridgehead atoms. The lowest BCUT2D eigenvalue weighted by atomic mass is 10.0. The van der Waals surface area contributed by atoms with Gasteiger partial charge in [0.25, 0.3) is 5.91 Å². The summed E-state index contributed by atoms with van der Waals surface area (Å²) < 4.78 is 1.79. The van der Waals surface area contributed by atoms with Crippen LogP contribution in [-0.4, -0.2) is 27.1 Å². The Morgan fingerprint density at radius 1 is 1.26 bits per heavy atom. The minimum atomic E-state index is 0.0985. The molecule has 0 fully saturated rings. The molecule has 23 heavy (non-hydrogen) atoms. The Morgan fingerprint density at radius 2 is 2.09 bits per heavy atom. The van der Waals surface area contributed by atoms with E-state index in [9.17, 15) is 4.79 Å². The third-order valence-electron chi connectivity index (χ3n) is 4.42. The van der Waals surface area contributed by atoms with Crippen LogP contribution >= 0.6 is 11.3 Å². The Labute approximate surface area is 139 Å². The molecule has 0 radical (unpaired) electrons. The van der Waals surface area contributed by atoms with Gasteiger partial charge in [0.15, 0.2) is 0 Å². The lowest BCUT2D eigenvalue weighted by Gasteiger charge is -2.33. The number of carbonyl (C=O) groups excluding carboxylic acids is 1. The van der Waals surface area contributed by atoms with Gasteiger partial charge in [-0.05, 0) is 60.7 Å². The Bertz CT molecular complexity index is 820. The SMILES string of the molecule is C[C@H]1c2ccsc2CCN1C(=O)c1ccc(-n2cccn2)cc1. The van der Waals surface area contributed by atoms with Crippen molar-refractivity contribution in [2.75, 3.05) is 6.54 Å². The molecule has 1 aliphatic heterocycles. The van der Waals surface area contributed by atoms with Gasteiger partial charge in [-0.3, -0.25) is 4.79 Å². The number of benzene rings is 1. The summed E-state index contributed by atoms with van der Waals surface area (Å²) in [4.78, 5) is 16.2. The summed E-state index contributed by atoms with van der Waals surface area (Å²) in [6.07, 6.45) is 4.59. The van der Waals surface area contributed by atoms with Crippen LogP contribution in [0.5, 0.6) is 0 Å². The molecule has 4 nitrogen and oxygen atoms in total.